The molecule has 21 heavy (non-hydrogen) atoms. The van der Waals surface area contributed by atoms with Crippen LogP contribution in [0.15, 0.2) is 5.16 Å². The largest absolute Gasteiger partial charge is 0.409 e. The number of oxime groups is 1. The molecule has 6 nitrogen and oxygen atoms in total. The molecule has 0 bridgehead atoms. The van der Waals surface area contributed by atoms with E-state index in [4.69, 9.17) is 10.9 Å². The normalized spacial score (nSPS) is 22.9. The lowest BCUT2D eigenvalue weighted by Crippen LogP contribution is -2.32. The molecule has 1 saturated heterocycles. The van der Waals surface area contributed by atoms with Crippen LogP contribution in [0.2, 0.25) is 0 Å². The molecule has 1 fully saturated rings. The predicted octanol–water partition coefficient (Wildman–Crippen LogP) is 1.93. The van der Waals surface area contributed by atoms with Gasteiger partial charge in [-0.15, -0.1) is 5.10 Å². The maximum Gasteiger partial charge on any atom is 0.174 e. The van der Waals surface area contributed by atoms with E-state index in [2.05, 4.69) is 41.0 Å². The van der Waals surface area contributed by atoms with Gasteiger partial charge in [-0.25, -0.2) is 0 Å². The van der Waals surface area contributed by atoms with Crippen LogP contribution in [0, 0.1) is 5.92 Å². The van der Waals surface area contributed by atoms with Crippen LogP contribution in [0.5, 0.6) is 0 Å². The van der Waals surface area contributed by atoms with Crippen LogP contribution in [-0.2, 0) is 12.8 Å². The van der Waals surface area contributed by atoms with Gasteiger partial charge in [0, 0.05) is 12.6 Å². The average Bonchev–Trinajstić information content (AvgIpc) is 2.83. The topological polar surface area (TPSA) is 87.6 Å². The molecule has 0 saturated carbocycles. The van der Waals surface area contributed by atoms with Crippen LogP contribution >= 0.6 is 0 Å². The molecule has 6 heteroatoms. The molecule has 0 spiro atoms. The number of aromatic nitrogens is 2. The smallest absolute Gasteiger partial charge is 0.174 e. The Morgan fingerprint density at radius 2 is 2.05 bits per heavy atom. The number of hydrogen-bond donors (Lipinski definition) is 2. The van der Waals surface area contributed by atoms with Crippen molar-refractivity contribution in [1.29, 1.82) is 0 Å². The van der Waals surface area contributed by atoms with Crippen molar-refractivity contribution in [1.82, 2.24) is 10.2 Å². The fraction of sp³-hybridized carbons (Fsp3) is 0.667. The highest BCUT2D eigenvalue weighted by molar-refractivity contribution is 6.03. The third kappa shape index (κ3) is 2.80. The van der Waals surface area contributed by atoms with Gasteiger partial charge in [0.1, 0.15) is 0 Å². The first-order valence-electron chi connectivity index (χ1n) is 7.66. The van der Waals surface area contributed by atoms with Crippen LogP contribution in [0.3, 0.4) is 0 Å². The van der Waals surface area contributed by atoms with Crippen molar-refractivity contribution in [3.05, 3.63) is 16.8 Å². The lowest BCUT2D eigenvalue weighted by molar-refractivity contribution is 0.318. The zero-order chi connectivity index (χ0) is 15.6. The molecule has 3 N–H and O–H groups in total. The summed E-state index contributed by atoms with van der Waals surface area (Å²) in [7, 11) is 0. The van der Waals surface area contributed by atoms with Gasteiger partial charge >= 0.3 is 0 Å². The Hall–Kier alpha value is -1.85. The second-order valence-electron chi connectivity index (χ2n) is 5.86. The Morgan fingerprint density at radius 1 is 1.33 bits per heavy atom. The monoisotopic (exact) mass is 291 g/mol. The summed E-state index contributed by atoms with van der Waals surface area (Å²) in [6.45, 7) is 9.44. The third-order valence-corrected chi connectivity index (χ3v) is 4.25. The average molecular weight is 291 g/mol. The Labute approximate surface area is 126 Å². The highest BCUT2D eigenvalue weighted by Crippen LogP contribution is 2.31. The van der Waals surface area contributed by atoms with E-state index in [1.54, 1.807) is 0 Å². The maximum atomic E-state index is 9.15. The second-order valence-corrected chi connectivity index (χ2v) is 5.86. The Morgan fingerprint density at radius 3 is 2.52 bits per heavy atom. The summed E-state index contributed by atoms with van der Waals surface area (Å²) < 4.78 is 0. The maximum absolute atomic E-state index is 9.15. The summed E-state index contributed by atoms with van der Waals surface area (Å²) in [5, 5.41) is 21.1. The van der Waals surface area contributed by atoms with Crippen molar-refractivity contribution in [3.8, 4) is 0 Å². The van der Waals surface area contributed by atoms with E-state index in [0.29, 0.717) is 12.0 Å². The minimum Gasteiger partial charge on any atom is -0.409 e. The standard InChI is InChI=1S/C15H25N5O/c1-5-11-12(6-2)17-18-15(13(11)14(16)19-21)20-8-9(3)7-10(20)4/h9-10,21H,5-8H2,1-4H3,(H2,16,19). The lowest BCUT2D eigenvalue weighted by atomic mass is 10.0. The van der Waals surface area contributed by atoms with E-state index >= 15 is 0 Å². The molecule has 1 aromatic rings. The Balaban J connectivity index is 2.60. The SMILES string of the molecule is CCc1nnc(N2CC(C)CC2C)c(C(N)=NO)c1CC. The summed E-state index contributed by atoms with van der Waals surface area (Å²) in [6, 6.07) is 0.386. The molecule has 1 aliphatic heterocycles. The van der Waals surface area contributed by atoms with Crippen LogP contribution < -0.4 is 10.6 Å². The summed E-state index contributed by atoms with van der Waals surface area (Å²) in [6.07, 6.45) is 2.69. The van der Waals surface area contributed by atoms with Gasteiger partial charge in [-0.1, -0.05) is 25.9 Å². The van der Waals surface area contributed by atoms with Crippen molar-refractivity contribution in [2.75, 3.05) is 11.4 Å². The number of anilines is 1. The van der Waals surface area contributed by atoms with E-state index in [9.17, 15) is 0 Å². The van der Waals surface area contributed by atoms with E-state index in [1.807, 2.05) is 6.92 Å². The molecule has 2 heterocycles. The van der Waals surface area contributed by atoms with Crippen molar-refractivity contribution in [2.24, 2.45) is 16.8 Å². The summed E-state index contributed by atoms with van der Waals surface area (Å²) >= 11 is 0. The molecule has 1 aromatic heterocycles. The first-order chi connectivity index (χ1) is 10.0. The fourth-order valence-electron chi connectivity index (χ4n) is 3.28. The summed E-state index contributed by atoms with van der Waals surface area (Å²) in [5.41, 5.74) is 8.64. The van der Waals surface area contributed by atoms with E-state index in [1.165, 1.54) is 0 Å². The highest BCUT2D eigenvalue weighted by Gasteiger charge is 2.31. The van der Waals surface area contributed by atoms with Gasteiger partial charge in [0.2, 0.25) is 0 Å². The third-order valence-electron chi connectivity index (χ3n) is 4.25. The number of hydrogen-bond acceptors (Lipinski definition) is 5. The van der Waals surface area contributed by atoms with Gasteiger partial charge in [-0.2, -0.15) is 5.10 Å². The molecule has 0 amide bonds. The van der Waals surface area contributed by atoms with Gasteiger partial charge in [-0.3, -0.25) is 0 Å². The van der Waals surface area contributed by atoms with E-state index < -0.39 is 0 Å². The van der Waals surface area contributed by atoms with Gasteiger partial charge in [0.25, 0.3) is 0 Å². The number of amidine groups is 1. The minimum atomic E-state index is 0.123. The van der Waals surface area contributed by atoms with Crippen molar-refractivity contribution in [3.63, 3.8) is 0 Å². The van der Waals surface area contributed by atoms with Crippen LogP contribution in [0.4, 0.5) is 5.82 Å². The van der Waals surface area contributed by atoms with Crippen LogP contribution in [0.1, 0.15) is 50.9 Å². The molecule has 116 valence electrons. The Kier molecular flexibility index (Phi) is 4.65. The first-order valence-corrected chi connectivity index (χ1v) is 7.66. The minimum absolute atomic E-state index is 0.123. The molecule has 0 aliphatic carbocycles. The number of rotatable bonds is 4. The number of nitrogens with two attached hydrogens (primary N) is 1. The van der Waals surface area contributed by atoms with Gasteiger partial charge in [-0.05, 0) is 37.7 Å². The second kappa shape index (κ2) is 6.28. The molecule has 2 unspecified atom stereocenters. The molecule has 0 aromatic carbocycles. The zero-order valence-electron chi connectivity index (χ0n) is 13.3. The van der Waals surface area contributed by atoms with Crippen molar-refractivity contribution in [2.45, 2.75) is 53.0 Å². The van der Waals surface area contributed by atoms with Gasteiger partial charge in [0.05, 0.1) is 11.3 Å². The Bertz CT molecular complexity index is 543. The number of aryl methyl sites for hydroxylation is 1. The molecular weight excluding hydrogens is 266 g/mol. The van der Waals surface area contributed by atoms with Gasteiger partial charge < -0.3 is 15.8 Å². The molecule has 1 aliphatic rings. The zero-order valence-corrected chi connectivity index (χ0v) is 13.3. The first kappa shape index (κ1) is 15.5. The van der Waals surface area contributed by atoms with Crippen LogP contribution in [-0.4, -0.2) is 33.8 Å². The molecule has 2 rings (SSSR count). The lowest BCUT2D eigenvalue weighted by Gasteiger charge is -2.26. The fourth-order valence-corrected chi connectivity index (χ4v) is 3.28. The summed E-state index contributed by atoms with van der Waals surface area (Å²) in [5.74, 6) is 1.48. The quantitative estimate of drug-likeness (QED) is 0.383. The van der Waals surface area contributed by atoms with E-state index in [-0.39, 0.29) is 5.84 Å². The molecular formula is C15H25N5O. The van der Waals surface area contributed by atoms with E-state index in [0.717, 1.165) is 48.4 Å². The number of nitrogens with zero attached hydrogens (tertiary/aromatic N) is 4. The van der Waals surface area contributed by atoms with Crippen LogP contribution in [0.25, 0.3) is 0 Å². The molecule has 2 atom stereocenters. The van der Waals surface area contributed by atoms with Crippen molar-refractivity contribution >= 4 is 11.7 Å². The van der Waals surface area contributed by atoms with Crippen molar-refractivity contribution < 1.29 is 5.21 Å². The van der Waals surface area contributed by atoms with Gasteiger partial charge in [0.15, 0.2) is 11.7 Å². The summed E-state index contributed by atoms with van der Waals surface area (Å²) in [4.78, 5) is 2.23. The molecule has 0 radical (unpaired) electrons. The predicted molar refractivity (Wildman–Crippen MR) is 83.9 cm³/mol. The highest BCUT2D eigenvalue weighted by atomic mass is 16.4.